The van der Waals surface area contributed by atoms with Gasteiger partial charge in [-0.05, 0) is 31.1 Å². The van der Waals surface area contributed by atoms with Gasteiger partial charge in [0, 0.05) is 6.08 Å². The number of esters is 1. The van der Waals surface area contributed by atoms with E-state index in [1.54, 1.807) is 13.0 Å². The first-order valence-electron chi connectivity index (χ1n) is 6.82. The molecule has 0 N–H and O–H groups in total. The van der Waals surface area contributed by atoms with Crippen molar-refractivity contribution in [1.29, 1.82) is 0 Å². The fourth-order valence-electron chi connectivity index (χ4n) is 1.33. The Morgan fingerprint density at radius 3 is 2.53 bits per heavy atom. The number of hydrogen-bond donors (Lipinski definition) is 0. The van der Waals surface area contributed by atoms with Crippen LogP contribution in [0.25, 0.3) is 0 Å². The standard InChI is InChI=1S/C14H26O4Si/c1-7-16-13(15)9-8-11-12(18-11)10-17-19(5,6)14(2,3)4/h8-9,11-12H,7,10H2,1-6H3/b9-8+/t11-,12-/m0/s1. The Hall–Kier alpha value is -0.653. The zero-order valence-corrected chi connectivity index (χ0v) is 13.9. The largest absolute Gasteiger partial charge is 0.463 e. The lowest BCUT2D eigenvalue weighted by molar-refractivity contribution is -0.137. The van der Waals surface area contributed by atoms with Crippen LogP contribution in [0.4, 0.5) is 0 Å². The smallest absolute Gasteiger partial charge is 0.330 e. The van der Waals surface area contributed by atoms with Crippen molar-refractivity contribution in [2.75, 3.05) is 13.2 Å². The van der Waals surface area contributed by atoms with E-state index in [0.717, 1.165) is 0 Å². The van der Waals surface area contributed by atoms with E-state index in [1.165, 1.54) is 6.08 Å². The van der Waals surface area contributed by atoms with Gasteiger partial charge in [0.25, 0.3) is 0 Å². The Kier molecular flexibility index (Phi) is 5.35. The Morgan fingerprint density at radius 2 is 2.00 bits per heavy atom. The zero-order chi connectivity index (χ0) is 14.7. The maximum absolute atomic E-state index is 11.1. The second-order valence-corrected chi connectivity index (χ2v) is 11.1. The molecule has 0 spiro atoms. The van der Waals surface area contributed by atoms with Gasteiger partial charge in [0.15, 0.2) is 8.32 Å². The van der Waals surface area contributed by atoms with Crippen LogP contribution in [0.15, 0.2) is 12.2 Å². The van der Waals surface area contributed by atoms with Crippen LogP contribution < -0.4 is 0 Å². The predicted octanol–water partition coefficient (Wildman–Crippen LogP) is 2.89. The summed E-state index contributed by atoms with van der Waals surface area (Å²) in [7, 11) is -1.71. The second-order valence-electron chi connectivity index (χ2n) is 6.32. The van der Waals surface area contributed by atoms with Gasteiger partial charge in [-0.3, -0.25) is 0 Å². The molecule has 0 radical (unpaired) electrons. The molecule has 0 saturated carbocycles. The summed E-state index contributed by atoms with van der Waals surface area (Å²) >= 11 is 0. The third-order valence-electron chi connectivity index (χ3n) is 3.74. The molecule has 0 amide bonds. The van der Waals surface area contributed by atoms with Crippen LogP contribution >= 0.6 is 0 Å². The highest BCUT2D eigenvalue weighted by Crippen LogP contribution is 2.37. The van der Waals surface area contributed by atoms with Crippen molar-refractivity contribution in [2.24, 2.45) is 0 Å². The SMILES string of the molecule is CCOC(=O)/C=C/[C@@H]1O[C@H]1CO[Si](C)(C)C(C)(C)C. The first-order chi connectivity index (χ1) is 8.67. The minimum absolute atomic E-state index is 0.00539. The number of epoxide rings is 1. The molecule has 1 aliphatic rings. The van der Waals surface area contributed by atoms with Gasteiger partial charge in [0.2, 0.25) is 0 Å². The van der Waals surface area contributed by atoms with Crippen molar-refractivity contribution in [3.8, 4) is 0 Å². The summed E-state index contributed by atoms with van der Waals surface area (Å²) in [6.45, 7) is 13.9. The summed E-state index contributed by atoms with van der Waals surface area (Å²) in [6, 6.07) is 0. The molecule has 0 aromatic heterocycles. The molecule has 2 atom stereocenters. The van der Waals surface area contributed by atoms with Crippen LogP contribution in [0, 0.1) is 0 Å². The minimum Gasteiger partial charge on any atom is -0.463 e. The lowest BCUT2D eigenvalue weighted by atomic mass is 10.2. The second kappa shape index (κ2) is 6.20. The lowest BCUT2D eigenvalue weighted by Crippen LogP contribution is -2.41. The third kappa shape index (κ3) is 5.08. The van der Waals surface area contributed by atoms with Crippen molar-refractivity contribution in [1.82, 2.24) is 0 Å². The van der Waals surface area contributed by atoms with E-state index in [-0.39, 0.29) is 23.2 Å². The molecule has 0 aromatic carbocycles. The van der Waals surface area contributed by atoms with Gasteiger partial charge >= 0.3 is 5.97 Å². The number of carbonyl (C=O) groups is 1. The van der Waals surface area contributed by atoms with E-state index >= 15 is 0 Å². The molecule has 0 bridgehead atoms. The molecule has 4 nitrogen and oxygen atoms in total. The molecule has 1 heterocycles. The van der Waals surface area contributed by atoms with E-state index in [2.05, 4.69) is 33.9 Å². The van der Waals surface area contributed by atoms with Crippen LogP contribution in [-0.4, -0.2) is 39.7 Å². The molecular formula is C14H26O4Si. The lowest BCUT2D eigenvalue weighted by Gasteiger charge is -2.35. The normalized spacial score (nSPS) is 23.7. The topological polar surface area (TPSA) is 48.1 Å². The van der Waals surface area contributed by atoms with Crippen molar-refractivity contribution < 1.29 is 18.7 Å². The molecule has 1 fully saturated rings. The molecule has 0 aliphatic carbocycles. The molecule has 1 aliphatic heterocycles. The van der Waals surface area contributed by atoms with Gasteiger partial charge in [-0.1, -0.05) is 20.8 Å². The molecule has 110 valence electrons. The van der Waals surface area contributed by atoms with E-state index < -0.39 is 8.32 Å². The van der Waals surface area contributed by atoms with Crippen molar-refractivity contribution in [3.05, 3.63) is 12.2 Å². The van der Waals surface area contributed by atoms with Crippen LogP contribution in [0.3, 0.4) is 0 Å². The van der Waals surface area contributed by atoms with Crippen LogP contribution in [0.1, 0.15) is 27.7 Å². The molecule has 5 heteroatoms. The first kappa shape index (κ1) is 16.4. The minimum atomic E-state index is -1.71. The summed E-state index contributed by atoms with van der Waals surface area (Å²) < 4.78 is 16.3. The van der Waals surface area contributed by atoms with E-state index in [9.17, 15) is 4.79 Å². The average molecular weight is 286 g/mol. The van der Waals surface area contributed by atoms with Crippen molar-refractivity contribution >= 4 is 14.3 Å². The quantitative estimate of drug-likeness (QED) is 0.326. The van der Waals surface area contributed by atoms with Gasteiger partial charge in [-0.15, -0.1) is 0 Å². The van der Waals surface area contributed by atoms with Crippen LogP contribution in [0.5, 0.6) is 0 Å². The average Bonchev–Trinajstić information content (AvgIpc) is 3.01. The maximum atomic E-state index is 11.1. The van der Waals surface area contributed by atoms with Gasteiger partial charge in [0.05, 0.1) is 13.2 Å². The van der Waals surface area contributed by atoms with E-state index in [1.807, 2.05) is 0 Å². The summed E-state index contributed by atoms with van der Waals surface area (Å²) in [6.07, 6.45) is 3.26. The van der Waals surface area contributed by atoms with Gasteiger partial charge in [-0.2, -0.15) is 0 Å². The number of ether oxygens (including phenoxy) is 2. The van der Waals surface area contributed by atoms with E-state index in [4.69, 9.17) is 13.9 Å². The molecular weight excluding hydrogens is 260 g/mol. The fraction of sp³-hybridized carbons (Fsp3) is 0.786. The third-order valence-corrected chi connectivity index (χ3v) is 8.25. The monoisotopic (exact) mass is 286 g/mol. The highest BCUT2D eigenvalue weighted by Gasteiger charge is 2.42. The Labute approximate surface area is 117 Å². The molecule has 1 rings (SSSR count). The van der Waals surface area contributed by atoms with Crippen LogP contribution in [0.2, 0.25) is 18.1 Å². The van der Waals surface area contributed by atoms with Crippen molar-refractivity contribution in [3.63, 3.8) is 0 Å². The highest BCUT2D eigenvalue weighted by molar-refractivity contribution is 6.74. The maximum Gasteiger partial charge on any atom is 0.330 e. The summed E-state index contributed by atoms with van der Waals surface area (Å²) in [5.41, 5.74) is 0. The Balaban J connectivity index is 2.30. The Morgan fingerprint density at radius 1 is 1.37 bits per heavy atom. The van der Waals surface area contributed by atoms with Gasteiger partial charge < -0.3 is 13.9 Å². The molecule has 0 aromatic rings. The van der Waals surface area contributed by atoms with Gasteiger partial charge in [-0.25, -0.2) is 4.79 Å². The fourth-order valence-corrected chi connectivity index (χ4v) is 2.34. The number of carbonyl (C=O) groups excluding carboxylic acids is 1. The number of rotatable bonds is 6. The summed E-state index contributed by atoms with van der Waals surface area (Å²) in [5, 5.41) is 0.207. The van der Waals surface area contributed by atoms with Crippen LogP contribution in [-0.2, 0) is 18.7 Å². The van der Waals surface area contributed by atoms with Crippen molar-refractivity contribution in [2.45, 2.75) is 58.0 Å². The van der Waals surface area contributed by atoms with E-state index in [0.29, 0.717) is 13.2 Å². The highest BCUT2D eigenvalue weighted by atomic mass is 28.4. The summed E-state index contributed by atoms with van der Waals surface area (Å²) in [4.78, 5) is 11.1. The predicted molar refractivity (Wildman–Crippen MR) is 77.6 cm³/mol. The first-order valence-corrected chi connectivity index (χ1v) is 9.72. The zero-order valence-electron chi connectivity index (χ0n) is 12.9. The molecule has 0 unspecified atom stereocenters. The molecule has 19 heavy (non-hydrogen) atoms. The Bertz CT molecular complexity index is 344. The number of hydrogen-bond acceptors (Lipinski definition) is 4. The molecule has 1 saturated heterocycles. The summed E-state index contributed by atoms with van der Waals surface area (Å²) in [5.74, 6) is -0.318. The van der Waals surface area contributed by atoms with Gasteiger partial charge in [0.1, 0.15) is 12.2 Å².